The molecule has 1 heterocycles. The summed E-state index contributed by atoms with van der Waals surface area (Å²) in [4.78, 5) is 5.30. The van der Waals surface area contributed by atoms with Crippen molar-refractivity contribution in [2.75, 3.05) is 6.26 Å². The second-order valence-corrected chi connectivity index (χ2v) is 4.85. The van der Waals surface area contributed by atoms with E-state index in [2.05, 4.69) is 4.98 Å². The maximum absolute atomic E-state index is 10.2. The number of aliphatic hydroxyl groups is 1. The van der Waals surface area contributed by atoms with Crippen molar-refractivity contribution in [3.8, 4) is 0 Å². The molecule has 1 aromatic carbocycles. The fraction of sp³-hybridized carbons (Fsp3) is 0.214. The molecule has 88 valence electrons. The van der Waals surface area contributed by atoms with Crippen molar-refractivity contribution < 1.29 is 5.11 Å². The zero-order chi connectivity index (χ0) is 12.3. The Hall–Kier alpha value is -1.32. The van der Waals surface area contributed by atoms with Crippen molar-refractivity contribution in [1.82, 2.24) is 4.98 Å². The van der Waals surface area contributed by atoms with Gasteiger partial charge in [-0.3, -0.25) is 4.98 Å². The largest absolute Gasteiger partial charge is 0.384 e. The molecule has 2 aromatic rings. The van der Waals surface area contributed by atoms with Gasteiger partial charge < -0.3 is 5.11 Å². The number of rotatable bonds is 3. The lowest BCUT2D eigenvalue weighted by Crippen LogP contribution is -2.00. The Labute approximate surface area is 106 Å². The average Bonchev–Trinajstić information content (AvgIpc) is 2.38. The van der Waals surface area contributed by atoms with Crippen LogP contribution in [0.2, 0.25) is 0 Å². The number of benzene rings is 1. The van der Waals surface area contributed by atoms with Crippen LogP contribution in [0.15, 0.2) is 47.6 Å². The van der Waals surface area contributed by atoms with Gasteiger partial charge in [-0.1, -0.05) is 18.2 Å². The van der Waals surface area contributed by atoms with Crippen LogP contribution in [0.1, 0.15) is 22.8 Å². The van der Waals surface area contributed by atoms with Gasteiger partial charge in [0, 0.05) is 22.9 Å². The molecule has 1 aromatic heterocycles. The van der Waals surface area contributed by atoms with Crippen molar-refractivity contribution in [2.24, 2.45) is 0 Å². The van der Waals surface area contributed by atoms with Gasteiger partial charge in [0.25, 0.3) is 0 Å². The molecule has 0 fully saturated rings. The lowest BCUT2D eigenvalue weighted by Gasteiger charge is -2.12. The minimum atomic E-state index is -0.599. The Morgan fingerprint density at radius 1 is 1.12 bits per heavy atom. The van der Waals surface area contributed by atoms with Gasteiger partial charge in [0.15, 0.2) is 0 Å². The molecule has 0 radical (unpaired) electrons. The summed E-state index contributed by atoms with van der Waals surface area (Å²) in [5, 5.41) is 10.2. The van der Waals surface area contributed by atoms with Gasteiger partial charge in [-0.05, 0) is 36.4 Å². The molecule has 0 spiro atoms. The third-order valence-corrected chi connectivity index (χ3v) is 3.39. The van der Waals surface area contributed by atoms with Gasteiger partial charge in [-0.25, -0.2) is 0 Å². The first-order valence-electron chi connectivity index (χ1n) is 5.44. The van der Waals surface area contributed by atoms with E-state index >= 15 is 0 Å². The summed E-state index contributed by atoms with van der Waals surface area (Å²) in [7, 11) is 0. The average molecular weight is 245 g/mol. The number of hydrogen-bond donors (Lipinski definition) is 1. The lowest BCUT2D eigenvalue weighted by atomic mass is 10.0. The molecule has 0 saturated heterocycles. The smallest absolute Gasteiger partial charge is 0.106 e. The van der Waals surface area contributed by atoms with Crippen molar-refractivity contribution in [2.45, 2.75) is 17.9 Å². The molecule has 2 nitrogen and oxygen atoms in total. The van der Waals surface area contributed by atoms with Crippen LogP contribution in [0.4, 0.5) is 0 Å². The van der Waals surface area contributed by atoms with Crippen LogP contribution < -0.4 is 0 Å². The van der Waals surface area contributed by atoms with Crippen LogP contribution in [0.5, 0.6) is 0 Å². The molecular weight excluding hydrogens is 230 g/mol. The summed E-state index contributed by atoms with van der Waals surface area (Å²) in [6.45, 7) is 1.97. The minimum absolute atomic E-state index is 0.599. The molecule has 0 aliphatic carbocycles. The van der Waals surface area contributed by atoms with E-state index in [1.165, 1.54) is 4.90 Å². The normalized spacial score (nSPS) is 12.4. The third-order valence-electron chi connectivity index (χ3n) is 2.64. The van der Waals surface area contributed by atoms with E-state index in [0.29, 0.717) is 0 Å². The van der Waals surface area contributed by atoms with Crippen LogP contribution >= 0.6 is 11.8 Å². The van der Waals surface area contributed by atoms with Crippen LogP contribution in [0, 0.1) is 6.92 Å². The van der Waals surface area contributed by atoms with E-state index in [4.69, 9.17) is 0 Å². The first kappa shape index (κ1) is 12.1. The highest BCUT2D eigenvalue weighted by Crippen LogP contribution is 2.24. The Bertz CT molecular complexity index is 496. The molecule has 0 amide bonds. The quantitative estimate of drug-likeness (QED) is 0.843. The summed E-state index contributed by atoms with van der Waals surface area (Å²) in [6.07, 6.45) is 4.93. The zero-order valence-electron chi connectivity index (χ0n) is 9.92. The van der Waals surface area contributed by atoms with Gasteiger partial charge >= 0.3 is 0 Å². The highest BCUT2D eigenvalue weighted by atomic mass is 32.2. The molecule has 1 unspecified atom stereocenters. The van der Waals surface area contributed by atoms with Gasteiger partial charge in [-0.2, -0.15) is 0 Å². The van der Waals surface area contributed by atoms with Gasteiger partial charge in [0.2, 0.25) is 0 Å². The Morgan fingerprint density at radius 3 is 2.41 bits per heavy atom. The number of thioether (sulfide) groups is 1. The van der Waals surface area contributed by atoms with Crippen LogP contribution in [-0.4, -0.2) is 16.3 Å². The summed E-state index contributed by atoms with van der Waals surface area (Å²) in [5.41, 5.74) is 2.79. The second-order valence-electron chi connectivity index (χ2n) is 3.97. The topological polar surface area (TPSA) is 33.1 Å². The number of aryl methyl sites for hydroxylation is 1. The number of hydrogen-bond acceptors (Lipinski definition) is 3. The van der Waals surface area contributed by atoms with Crippen LogP contribution in [-0.2, 0) is 0 Å². The van der Waals surface area contributed by atoms with E-state index in [0.717, 1.165) is 16.7 Å². The van der Waals surface area contributed by atoms with Crippen molar-refractivity contribution in [3.05, 3.63) is 59.4 Å². The van der Waals surface area contributed by atoms with E-state index < -0.39 is 6.10 Å². The van der Waals surface area contributed by atoms with Gasteiger partial charge in [0.05, 0.1) is 0 Å². The zero-order valence-corrected chi connectivity index (χ0v) is 10.7. The summed E-state index contributed by atoms with van der Waals surface area (Å²) in [6, 6.07) is 9.91. The predicted molar refractivity (Wildman–Crippen MR) is 71.3 cm³/mol. The van der Waals surface area contributed by atoms with Gasteiger partial charge in [-0.15, -0.1) is 11.8 Å². The minimum Gasteiger partial charge on any atom is -0.384 e. The predicted octanol–water partition coefficient (Wildman–Crippen LogP) is 3.19. The number of aromatic nitrogens is 1. The van der Waals surface area contributed by atoms with Crippen molar-refractivity contribution in [1.29, 1.82) is 0 Å². The molecule has 17 heavy (non-hydrogen) atoms. The maximum Gasteiger partial charge on any atom is 0.106 e. The summed E-state index contributed by atoms with van der Waals surface area (Å²) >= 11 is 1.69. The summed E-state index contributed by atoms with van der Waals surface area (Å²) in [5.74, 6) is 0. The molecule has 0 aliphatic rings. The lowest BCUT2D eigenvalue weighted by molar-refractivity contribution is 0.219. The number of pyridine rings is 1. The second kappa shape index (κ2) is 5.34. The van der Waals surface area contributed by atoms with E-state index in [1.54, 1.807) is 24.2 Å². The van der Waals surface area contributed by atoms with E-state index in [1.807, 2.05) is 43.5 Å². The SMILES string of the molecule is CSc1ccc(C(O)c2cncc(C)c2)cc1. The molecule has 0 aliphatic heterocycles. The van der Waals surface area contributed by atoms with Gasteiger partial charge in [0.1, 0.15) is 6.10 Å². The number of nitrogens with zero attached hydrogens (tertiary/aromatic N) is 1. The molecule has 1 N–H and O–H groups in total. The number of aliphatic hydroxyl groups excluding tert-OH is 1. The monoisotopic (exact) mass is 245 g/mol. The van der Waals surface area contributed by atoms with E-state index in [-0.39, 0.29) is 0 Å². The first-order chi connectivity index (χ1) is 8.20. The molecular formula is C14H15NOS. The fourth-order valence-electron chi connectivity index (χ4n) is 1.71. The molecule has 3 heteroatoms. The summed E-state index contributed by atoms with van der Waals surface area (Å²) < 4.78 is 0. The maximum atomic E-state index is 10.2. The third kappa shape index (κ3) is 2.87. The first-order valence-corrected chi connectivity index (χ1v) is 6.67. The van der Waals surface area contributed by atoms with E-state index in [9.17, 15) is 5.11 Å². The van der Waals surface area contributed by atoms with Crippen molar-refractivity contribution in [3.63, 3.8) is 0 Å². The Kier molecular flexibility index (Phi) is 3.82. The molecule has 1 atom stereocenters. The highest BCUT2D eigenvalue weighted by molar-refractivity contribution is 7.98. The van der Waals surface area contributed by atoms with Crippen LogP contribution in [0.25, 0.3) is 0 Å². The highest BCUT2D eigenvalue weighted by Gasteiger charge is 2.10. The molecule has 2 rings (SSSR count). The van der Waals surface area contributed by atoms with Crippen LogP contribution in [0.3, 0.4) is 0 Å². The fourth-order valence-corrected chi connectivity index (χ4v) is 2.11. The standard InChI is InChI=1S/C14H15NOS/c1-10-7-12(9-15-8-10)14(16)11-3-5-13(17-2)6-4-11/h3-9,14,16H,1-2H3. The Morgan fingerprint density at radius 2 is 1.82 bits per heavy atom. The van der Waals surface area contributed by atoms with Crippen molar-refractivity contribution >= 4 is 11.8 Å². The molecule has 0 bridgehead atoms. The Balaban J connectivity index is 2.27. The molecule has 0 saturated carbocycles.